The second kappa shape index (κ2) is 8.01. The summed E-state index contributed by atoms with van der Waals surface area (Å²) >= 11 is 3.51. The van der Waals surface area contributed by atoms with Crippen LogP contribution in [0.15, 0.2) is 22.7 Å². The highest BCUT2D eigenvalue weighted by atomic mass is 79.9. The lowest BCUT2D eigenvalue weighted by Gasteiger charge is -2.24. The van der Waals surface area contributed by atoms with Crippen LogP contribution in [0, 0.1) is 0 Å². The summed E-state index contributed by atoms with van der Waals surface area (Å²) in [7, 11) is 3.97. The molecule has 1 N–H and O–H groups in total. The van der Waals surface area contributed by atoms with E-state index in [1.807, 2.05) is 12.1 Å². The number of nitrogens with one attached hydrogen (secondary N) is 1. The molecule has 0 unspecified atom stereocenters. The van der Waals surface area contributed by atoms with E-state index in [-0.39, 0.29) is 0 Å². The van der Waals surface area contributed by atoms with E-state index in [0.29, 0.717) is 0 Å². The van der Waals surface area contributed by atoms with Gasteiger partial charge in [-0.05, 0) is 38.1 Å². The van der Waals surface area contributed by atoms with E-state index in [4.69, 9.17) is 4.74 Å². The molecule has 0 aliphatic heterocycles. The molecule has 4 heteroatoms. The molecule has 1 aliphatic carbocycles. The molecule has 0 bridgehead atoms. The fourth-order valence-electron chi connectivity index (χ4n) is 2.89. The Hall–Kier alpha value is -0.580. The Bertz CT molecular complexity index is 419. The topological polar surface area (TPSA) is 24.5 Å². The van der Waals surface area contributed by atoms with Gasteiger partial charge in [-0.2, -0.15) is 0 Å². The number of methoxy groups -OCH3 is 1. The maximum atomic E-state index is 5.39. The molecule has 0 radical (unpaired) electrons. The van der Waals surface area contributed by atoms with Crippen LogP contribution in [0.4, 0.5) is 0 Å². The molecule has 112 valence electrons. The van der Waals surface area contributed by atoms with Gasteiger partial charge in [-0.1, -0.05) is 28.8 Å². The molecule has 0 amide bonds. The van der Waals surface area contributed by atoms with Crippen LogP contribution in [0.2, 0.25) is 0 Å². The summed E-state index contributed by atoms with van der Waals surface area (Å²) in [6, 6.07) is 6.94. The molecule has 0 aromatic heterocycles. The molecule has 20 heavy (non-hydrogen) atoms. The molecule has 0 spiro atoms. The molecule has 1 fully saturated rings. The zero-order valence-electron chi connectivity index (χ0n) is 12.5. The minimum Gasteiger partial charge on any atom is -0.496 e. The first kappa shape index (κ1) is 15.8. The van der Waals surface area contributed by atoms with Gasteiger partial charge >= 0.3 is 0 Å². The third-order valence-corrected chi connectivity index (χ3v) is 4.64. The maximum Gasteiger partial charge on any atom is 0.123 e. The van der Waals surface area contributed by atoms with Crippen molar-refractivity contribution in [3.05, 3.63) is 28.2 Å². The quantitative estimate of drug-likeness (QED) is 0.769. The Morgan fingerprint density at radius 2 is 2.10 bits per heavy atom. The summed E-state index contributed by atoms with van der Waals surface area (Å²) < 4.78 is 6.48. The molecule has 1 saturated carbocycles. The van der Waals surface area contributed by atoms with E-state index in [1.54, 1.807) is 7.11 Å². The lowest BCUT2D eigenvalue weighted by Crippen LogP contribution is -2.35. The first-order valence-electron chi connectivity index (χ1n) is 7.44. The molecule has 0 saturated heterocycles. The van der Waals surface area contributed by atoms with Crippen molar-refractivity contribution in [1.82, 2.24) is 10.2 Å². The van der Waals surface area contributed by atoms with Gasteiger partial charge in [0.25, 0.3) is 0 Å². The zero-order valence-corrected chi connectivity index (χ0v) is 14.1. The Morgan fingerprint density at radius 3 is 2.80 bits per heavy atom. The van der Waals surface area contributed by atoms with Crippen molar-refractivity contribution in [1.29, 1.82) is 0 Å². The predicted octanol–water partition coefficient (Wildman–Crippen LogP) is 3.42. The zero-order chi connectivity index (χ0) is 14.4. The summed E-state index contributed by atoms with van der Waals surface area (Å²) in [6.45, 7) is 2.98. The van der Waals surface area contributed by atoms with Gasteiger partial charge in [-0.3, -0.25) is 0 Å². The van der Waals surface area contributed by atoms with Gasteiger partial charge in [0.05, 0.1) is 7.11 Å². The molecule has 0 atom stereocenters. The maximum absolute atomic E-state index is 5.39. The number of hydrogen-bond acceptors (Lipinski definition) is 3. The largest absolute Gasteiger partial charge is 0.496 e. The van der Waals surface area contributed by atoms with E-state index in [9.17, 15) is 0 Å². The fraction of sp³-hybridized carbons (Fsp3) is 0.625. The summed E-state index contributed by atoms with van der Waals surface area (Å²) in [6.07, 6.45) is 5.54. The first-order chi connectivity index (χ1) is 9.70. The number of likely N-dealkylation sites (N-methyl/N-ethyl adjacent to an activating group) is 1. The second-order valence-electron chi connectivity index (χ2n) is 5.55. The highest BCUT2D eigenvalue weighted by Gasteiger charge is 2.18. The van der Waals surface area contributed by atoms with Gasteiger partial charge in [0.2, 0.25) is 0 Å². The van der Waals surface area contributed by atoms with Crippen molar-refractivity contribution >= 4 is 15.9 Å². The van der Waals surface area contributed by atoms with Gasteiger partial charge in [0.15, 0.2) is 0 Å². The minimum atomic E-state index is 0.803. The van der Waals surface area contributed by atoms with Gasteiger partial charge in [0.1, 0.15) is 5.75 Å². The Balaban J connectivity index is 1.74. The molecular formula is C16H25BrN2O. The van der Waals surface area contributed by atoms with Crippen molar-refractivity contribution in [3.8, 4) is 5.75 Å². The van der Waals surface area contributed by atoms with Crippen molar-refractivity contribution in [3.63, 3.8) is 0 Å². The second-order valence-corrected chi connectivity index (χ2v) is 6.47. The SMILES string of the molecule is COc1ccc(Br)cc1CNCCN(C)C1CCCC1. The van der Waals surface area contributed by atoms with Crippen LogP contribution in [0.25, 0.3) is 0 Å². The summed E-state index contributed by atoms with van der Waals surface area (Å²) in [5, 5.41) is 3.52. The van der Waals surface area contributed by atoms with Gasteiger partial charge in [0, 0.05) is 35.7 Å². The van der Waals surface area contributed by atoms with Crippen LogP contribution in [-0.2, 0) is 6.54 Å². The van der Waals surface area contributed by atoms with Gasteiger partial charge < -0.3 is 15.0 Å². The summed E-state index contributed by atoms with van der Waals surface area (Å²) in [4.78, 5) is 2.50. The van der Waals surface area contributed by atoms with Crippen LogP contribution >= 0.6 is 15.9 Å². The van der Waals surface area contributed by atoms with Crippen LogP contribution in [0.5, 0.6) is 5.75 Å². The molecule has 2 rings (SSSR count). The smallest absolute Gasteiger partial charge is 0.123 e. The van der Waals surface area contributed by atoms with Crippen molar-refractivity contribution in [2.24, 2.45) is 0 Å². The highest BCUT2D eigenvalue weighted by molar-refractivity contribution is 9.10. The fourth-order valence-corrected chi connectivity index (χ4v) is 3.30. The van der Waals surface area contributed by atoms with E-state index in [2.05, 4.69) is 39.3 Å². The first-order valence-corrected chi connectivity index (χ1v) is 8.23. The number of hydrogen-bond donors (Lipinski definition) is 1. The standard InChI is InChI=1S/C16H25BrN2O/c1-19(15-5-3-4-6-15)10-9-18-12-13-11-14(17)7-8-16(13)20-2/h7-8,11,15,18H,3-6,9-10,12H2,1-2H3. The average Bonchev–Trinajstić information content (AvgIpc) is 2.98. The number of nitrogens with zero attached hydrogens (tertiary/aromatic N) is 1. The Kier molecular flexibility index (Phi) is 6.33. The molecular weight excluding hydrogens is 316 g/mol. The Morgan fingerprint density at radius 1 is 1.35 bits per heavy atom. The van der Waals surface area contributed by atoms with Crippen LogP contribution in [0.3, 0.4) is 0 Å². The van der Waals surface area contributed by atoms with E-state index < -0.39 is 0 Å². The van der Waals surface area contributed by atoms with Crippen molar-refractivity contribution < 1.29 is 4.74 Å². The summed E-state index contributed by atoms with van der Waals surface area (Å²) in [5.74, 6) is 0.949. The monoisotopic (exact) mass is 340 g/mol. The number of halogens is 1. The molecule has 1 aliphatic rings. The molecule has 1 aromatic carbocycles. The molecule has 0 heterocycles. The average molecular weight is 341 g/mol. The Labute approximate surface area is 130 Å². The third kappa shape index (κ3) is 4.47. The number of ether oxygens (including phenoxy) is 1. The van der Waals surface area contributed by atoms with Crippen molar-refractivity contribution in [2.75, 3.05) is 27.2 Å². The van der Waals surface area contributed by atoms with Crippen LogP contribution in [0.1, 0.15) is 31.2 Å². The number of rotatable bonds is 7. The van der Waals surface area contributed by atoms with Crippen LogP contribution in [-0.4, -0.2) is 38.2 Å². The van der Waals surface area contributed by atoms with E-state index in [0.717, 1.165) is 35.9 Å². The third-order valence-electron chi connectivity index (χ3n) is 4.15. The lowest BCUT2D eigenvalue weighted by atomic mass is 10.2. The van der Waals surface area contributed by atoms with Crippen LogP contribution < -0.4 is 10.1 Å². The normalized spacial score (nSPS) is 16.0. The number of benzene rings is 1. The lowest BCUT2D eigenvalue weighted by molar-refractivity contribution is 0.245. The molecule has 1 aromatic rings. The van der Waals surface area contributed by atoms with E-state index in [1.165, 1.54) is 31.2 Å². The predicted molar refractivity (Wildman–Crippen MR) is 87.3 cm³/mol. The minimum absolute atomic E-state index is 0.803. The van der Waals surface area contributed by atoms with Gasteiger partial charge in [-0.25, -0.2) is 0 Å². The van der Waals surface area contributed by atoms with Gasteiger partial charge in [-0.15, -0.1) is 0 Å². The summed E-state index contributed by atoms with van der Waals surface area (Å²) in [5.41, 5.74) is 1.20. The highest BCUT2D eigenvalue weighted by Crippen LogP contribution is 2.23. The molecule has 3 nitrogen and oxygen atoms in total. The van der Waals surface area contributed by atoms with E-state index >= 15 is 0 Å². The van der Waals surface area contributed by atoms with Crippen molar-refractivity contribution in [2.45, 2.75) is 38.3 Å².